The van der Waals surface area contributed by atoms with E-state index in [2.05, 4.69) is 37.1 Å². The van der Waals surface area contributed by atoms with Crippen LogP contribution in [0, 0.1) is 23.0 Å². The van der Waals surface area contributed by atoms with Crippen molar-refractivity contribution in [1.82, 2.24) is 9.80 Å². The van der Waals surface area contributed by atoms with Crippen LogP contribution in [0.2, 0.25) is 0 Å². The summed E-state index contributed by atoms with van der Waals surface area (Å²) in [5.74, 6) is 0.0698. The Labute approximate surface area is 203 Å². The Morgan fingerprint density at radius 2 is 1.56 bits per heavy atom. The molecule has 2 saturated heterocycles. The van der Waals surface area contributed by atoms with Crippen LogP contribution in [0.25, 0.3) is 16.8 Å². The van der Waals surface area contributed by atoms with Crippen LogP contribution in [-0.2, 0) is 0 Å². The van der Waals surface area contributed by atoms with Crippen LogP contribution in [0.1, 0.15) is 52.0 Å². The Hall–Kier alpha value is -2.40. The molecule has 0 saturated carbocycles. The third-order valence-corrected chi connectivity index (χ3v) is 6.91. The molecule has 2 aliphatic rings. The van der Waals surface area contributed by atoms with Crippen LogP contribution in [0.3, 0.4) is 0 Å². The van der Waals surface area contributed by atoms with E-state index in [1.165, 1.54) is 12.1 Å². The second kappa shape index (κ2) is 10.5. The Balaban J connectivity index is 1.35. The summed E-state index contributed by atoms with van der Waals surface area (Å²) in [6.07, 6.45) is 4.46. The minimum atomic E-state index is -0.470. The quantitative estimate of drug-likeness (QED) is 0.443. The maximum absolute atomic E-state index is 14.9. The standard InChI is InChI=1S/C29H38F2N2O/c1-21(33-13-5-6-14-33)23-7-9-25(27(30)17-23)26-10-8-24(18-28(26)31)34-19-22-11-15-32(16-12-22)20-29(2,3)4/h7-10,17-18,22H,1,5-6,11-16,19-20H2,2-4H3. The van der Waals surface area contributed by atoms with Crippen LogP contribution in [0.5, 0.6) is 5.75 Å². The molecule has 2 aromatic rings. The number of likely N-dealkylation sites (tertiary alicyclic amines) is 2. The van der Waals surface area contributed by atoms with E-state index >= 15 is 0 Å². The number of nitrogens with zero attached hydrogens (tertiary/aromatic N) is 2. The molecule has 0 atom stereocenters. The smallest absolute Gasteiger partial charge is 0.134 e. The molecule has 0 bridgehead atoms. The molecular formula is C29H38F2N2O. The Morgan fingerprint density at radius 3 is 2.15 bits per heavy atom. The highest BCUT2D eigenvalue weighted by Gasteiger charge is 2.23. The minimum absolute atomic E-state index is 0.249. The Bertz CT molecular complexity index is 1000. The minimum Gasteiger partial charge on any atom is -0.493 e. The highest BCUT2D eigenvalue weighted by Crippen LogP contribution is 2.32. The van der Waals surface area contributed by atoms with Gasteiger partial charge in [0, 0.05) is 48.1 Å². The van der Waals surface area contributed by atoms with Gasteiger partial charge in [-0.05, 0) is 68.3 Å². The Kier molecular flexibility index (Phi) is 7.61. The number of rotatable bonds is 7. The summed E-state index contributed by atoms with van der Waals surface area (Å²) >= 11 is 0. The lowest BCUT2D eigenvalue weighted by atomic mass is 9.92. The molecule has 0 aliphatic carbocycles. The van der Waals surface area contributed by atoms with Gasteiger partial charge < -0.3 is 14.5 Å². The van der Waals surface area contributed by atoms with Crippen molar-refractivity contribution in [2.24, 2.45) is 11.3 Å². The third-order valence-electron chi connectivity index (χ3n) is 6.91. The second-order valence-corrected chi connectivity index (χ2v) is 11.1. The van der Waals surface area contributed by atoms with Gasteiger partial charge in [-0.25, -0.2) is 8.78 Å². The van der Waals surface area contributed by atoms with Crippen molar-refractivity contribution < 1.29 is 13.5 Å². The fourth-order valence-corrected chi connectivity index (χ4v) is 5.08. The zero-order valence-corrected chi connectivity index (χ0v) is 20.9. The molecule has 0 aromatic heterocycles. The normalized spacial score (nSPS) is 17.9. The van der Waals surface area contributed by atoms with Crippen molar-refractivity contribution >= 4 is 5.70 Å². The van der Waals surface area contributed by atoms with E-state index in [0.717, 1.165) is 69.7 Å². The van der Waals surface area contributed by atoms with Crippen molar-refractivity contribution in [3.63, 3.8) is 0 Å². The molecular weight excluding hydrogens is 430 g/mol. The molecule has 0 amide bonds. The van der Waals surface area contributed by atoms with Crippen molar-refractivity contribution in [2.75, 3.05) is 39.3 Å². The van der Waals surface area contributed by atoms with Crippen LogP contribution in [0.4, 0.5) is 8.78 Å². The van der Waals surface area contributed by atoms with Crippen molar-refractivity contribution in [2.45, 2.75) is 46.5 Å². The molecule has 0 spiro atoms. The number of hydrogen-bond acceptors (Lipinski definition) is 3. The SMILES string of the molecule is C=C(c1ccc(-c2ccc(OCC3CCN(CC(C)(C)C)CC3)cc2F)c(F)c1)N1CCCC1. The first kappa shape index (κ1) is 24.7. The third kappa shape index (κ3) is 6.18. The highest BCUT2D eigenvalue weighted by molar-refractivity contribution is 5.70. The molecule has 0 radical (unpaired) electrons. The van der Waals surface area contributed by atoms with E-state index in [1.54, 1.807) is 18.2 Å². The summed E-state index contributed by atoms with van der Waals surface area (Å²) in [6.45, 7) is 16.7. The average molecular weight is 469 g/mol. The van der Waals surface area contributed by atoms with Crippen LogP contribution in [-0.4, -0.2) is 49.1 Å². The van der Waals surface area contributed by atoms with E-state index in [1.807, 2.05) is 6.07 Å². The summed E-state index contributed by atoms with van der Waals surface area (Å²) in [4.78, 5) is 4.70. The van der Waals surface area contributed by atoms with Gasteiger partial charge in [-0.3, -0.25) is 0 Å². The maximum Gasteiger partial charge on any atom is 0.134 e. The first-order valence-corrected chi connectivity index (χ1v) is 12.6. The maximum atomic E-state index is 14.9. The predicted octanol–water partition coefficient (Wildman–Crippen LogP) is 6.84. The number of piperidine rings is 1. The van der Waals surface area contributed by atoms with Gasteiger partial charge in [-0.1, -0.05) is 39.5 Å². The second-order valence-electron chi connectivity index (χ2n) is 11.1. The van der Waals surface area contributed by atoms with Crippen LogP contribution < -0.4 is 4.74 Å². The molecule has 3 nitrogen and oxygen atoms in total. The van der Waals surface area contributed by atoms with Crippen molar-refractivity contribution in [1.29, 1.82) is 0 Å². The number of ether oxygens (including phenoxy) is 1. The summed E-state index contributed by atoms with van der Waals surface area (Å²) in [5.41, 5.74) is 2.39. The molecule has 34 heavy (non-hydrogen) atoms. The molecule has 2 aliphatic heterocycles. The fourth-order valence-electron chi connectivity index (χ4n) is 5.08. The van der Waals surface area contributed by atoms with Gasteiger partial charge in [0.15, 0.2) is 0 Å². The van der Waals surface area contributed by atoms with Gasteiger partial charge in [0.1, 0.15) is 17.4 Å². The Morgan fingerprint density at radius 1 is 0.941 bits per heavy atom. The monoisotopic (exact) mass is 468 g/mol. The van der Waals surface area contributed by atoms with Crippen molar-refractivity contribution in [3.8, 4) is 16.9 Å². The predicted molar refractivity (Wildman–Crippen MR) is 136 cm³/mol. The molecule has 0 unspecified atom stereocenters. The van der Waals surface area contributed by atoms with Gasteiger partial charge in [0.05, 0.1) is 6.61 Å². The van der Waals surface area contributed by atoms with Gasteiger partial charge >= 0.3 is 0 Å². The number of halogens is 2. The first-order valence-electron chi connectivity index (χ1n) is 12.6. The van der Waals surface area contributed by atoms with Gasteiger partial charge in [-0.15, -0.1) is 0 Å². The summed E-state index contributed by atoms with van der Waals surface area (Å²) in [7, 11) is 0. The molecule has 2 heterocycles. The number of benzene rings is 2. The molecule has 2 aromatic carbocycles. The molecule has 184 valence electrons. The average Bonchev–Trinajstić information content (AvgIpc) is 3.32. The molecule has 2 fully saturated rings. The molecule has 5 heteroatoms. The zero-order chi connectivity index (χ0) is 24.3. The van der Waals surface area contributed by atoms with Gasteiger partial charge in [0.25, 0.3) is 0 Å². The fraction of sp³-hybridized carbons (Fsp3) is 0.517. The van der Waals surface area contributed by atoms with Crippen LogP contribution >= 0.6 is 0 Å². The van der Waals surface area contributed by atoms with Crippen LogP contribution in [0.15, 0.2) is 43.0 Å². The summed E-state index contributed by atoms with van der Waals surface area (Å²) < 4.78 is 35.8. The van der Waals surface area contributed by atoms with E-state index in [9.17, 15) is 8.78 Å². The molecule has 4 rings (SSSR count). The van der Waals surface area contributed by atoms with Gasteiger partial charge in [0.2, 0.25) is 0 Å². The summed E-state index contributed by atoms with van der Waals surface area (Å²) in [5, 5.41) is 0. The van der Waals surface area contributed by atoms with E-state index < -0.39 is 11.6 Å². The first-order chi connectivity index (χ1) is 16.2. The summed E-state index contributed by atoms with van der Waals surface area (Å²) in [6, 6.07) is 9.67. The lowest BCUT2D eigenvalue weighted by molar-refractivity contribution is 0.112. The number of hydrogen-bond donors (Lipinski definition) is 0. The van der Waals surface area contributed by atoms with Crippen molar-refractivity contribution in [3.05, 3.63) is 60.2 Å². The lowest BCUT2D eigenvalue weighted by Crippen LogP contribution is -2.40. The topological polar surface area (TPSA) is 15.7 Å². The highest BCUT2D eigenvalue weighted by atomic mass is 19.1. The molecule has 0 N–H and O–H groups in total. The largest absolute Gasteiger partial charge is 0.493 e. The van der Waals surface area contributed by atoms with Gasteiger partial charge in [-0.2, -0.15) is 0 Å². The van der Waals surface area contributed by atoms with E-state index in [4.69, 9.17) is 4.74 Å². The van der Waals surface area contributed by atoms with E-state index in [-0.39, 0.29) is 11.1 Å². The zero-order valence-electron chi connectivity index (χ0n) is 20.9. The van der Waals surface area contributed by atoms with E-state index in [0.29, 0.717) is 23.7 Å². The lowest BCUT2D eigenvalue weighted by Gasteiger charge is -2.35.